The van der Waals surface area contributed by atoms with Gasteiger partial charge < -0.3 is 10.3 Å². The smallest absolute Gasteiger partial charge is 0.167 e. The maximum Gasteiger partial charge on any atom is 0.167 e. The molecule has 2 heterocycles. The van der Waals surface area contributed by atoms with Gasteiger partial charge in [-0.15, -0.1) is 21.5 Å². The minimum atomic E-state index is 0.601. The summed E-state index contributed by atoms with van der Waals surface area (Å²) in [6.07, 6.45) is 7.39. The van der Waals surface area contributed by atoms with E-state index >= 15 is 0 Å². The standard InChI is InChI=1S/C14H18N4S/c1-8-16-17-14(18(8)9-6-7-9)12-10-4-2-3-5-11(10)19-13(12)15/h9H,2-7,15H2,1H3. The molecule has 5 heteroatoms. The van der Waals surface area contributed by atoms with Crippen LogP contribution in [0.15, 0.2) is 0 Å². The van der Waals surface area contributed by atoms with Gasteiger partial charge in [-0.2, -0.15) is 0 Å². The zero-order chi connectivity index (χ0) is 13.0. The number of hydrogen-bond acceptors (Lipinski definition) is 4. The first-order valence-corrected chi connectivity index (χ1v) is 7.89. The summed E-state index contributed by atoms with van der Waals surface area (Å²) in [4.78, 5) is 1.47. The van der Waals surface area contributed by atoms with Crippen molar-refractivity contribution in [1.82, 2.24) is 14.8 Å². The van der Waals surface area contributed by atoms with Crippen LogP contribution in [0.3, 0.4) is 0 Å². The van der Waals surface area contributed by atoms with Crippen molar-refractivity contribution in [3.8, 4) is 11.4 Å². The Kier molecular flexibility index (Phi) is 2.45. The summed E-state index contributed by atoms with van der Waals surface area (Å²) in [6, 6.07) is 0.601. The molecule has 100 valence electrons. The minimum Gasteiger partial charge on any atom is -0.390 e. The predicted molar refractivity (Wildman–Crippen MR) is 77.4 cm³/mol. The van der Waals surface area contributed by atoms with E-state index in [1.54, 1.807) is 11.3 Å². The van der Waals surface area contributed by atoms with Crippen molar-refractivity contribution in [1.29, 1.82) is 0 Å². The second kappa shape index (κ2) is 4.07. The van der Waals surface area contributed by atoms with Crippen LogP contribution in [0.5, 0.6) is 0 Å². The largest absolute Gasteiger partial charge is 0.390 e. The van der Waals surface area contributed by atoms with Gasteiger partial charge in [-0.25, -0.2) is 0 Å². The molecule has 2 aliphatic carbocycles. The van der Waals surface area contributed by atoms with E-state index in [9.17, 15) is 0 Å². The molecule has 4 nitrogen and oxygen atoms in total. The molecule has 0 amide bonds. The van der Waals surface area contributed by atoms with Crippen molar-refractivity contribution in [2.75, 3.05) is 5.73 Å². The third kappa shape index (κ3) is 1.71. The first-order chi connectivity index (χ1) is 9.25. The molecule has 0 aliphatic heterocycles. The van der Waals surface area contributed by atoms with Crippen molar-refractivity contribution in [2.45, 2.75) is 51.5 Å². The van der Waals surface area contributed by atoms with Gasteiger partial charge in [0.15, 0.2) is 5.82 Å². The number of hydrogen-bond donors (Lipinski definition) is 1. The van der Waals surface area contributed by atoms with E-state index in [2.05, 4.69) is 14.8 Å². The molecule has 1 fully saturated rings. The molecule has 0 atom stereocenters. The van der Waals surface area contributed by atoms with Crippen molar-refractivity contribution in [3.63, 3.8) is 0 Å². The van der Waals surface area contributed by atoms with E-state index in [0.29, 0.717) is 6.04 Å². The Morgan fingerprint density at radius 3 is 2.79 bits per heavy atom. The number of anilines is 1. The maximum atomic E-state index is 6.29. The third-order valence-electron chi connectivity index (χ3n) is 4.20. The number of aryl methyl sites for hydroxylation is 2. The Balaban J connectivity index is 1.90. The molecule has 0 saturated heterocycles. The number of nitrogen functional groups attached to an aromatic ring is 1. The fraction of sp³-hybridized carbons (Fsp3) is 0.571. The predicted octanol–water partition coefficient (Wildman–Crippen LogP) is 3.11. The summed E-state index contributed by atoms with van der Waals surface area (Å²) in [5.41, 5.74) is 8.92. The number of nitrogens with two attached hydrogens (primary N) is 1. The fourth-order valence-electron chi connectivity index (χ4n) is 3.14. The second-order valence-corrected chi connectivity index (χ2v) is 6.76. The summed E-state index contributed by atoms with van der Waals surface area (Å²) >= 11 is 1.76. The van der Waals surface area contributed by atoms with E-state index in [1.807, 2.05) is 6.92 Å². The van der Waals surface area contributed by atoms with Crippen molar-refractivity contribution in [2.24, 2.45) is 0 Å². The monoisotopic (exact) mass is 274 g/mol. The molecule has 19 heavy (non-hydrogen) atoms. The molecular weight excluding hydrogens is 256 g/mol. The highest BCUT2D eigenvalue weighted by Gasteiger charge is 2.31. The minimum absolute atomic E-state index is 0.601. The van der Waals surface area contributed by atoms with Crippen LogP contribution in [-0.2, 0) is 12.8 Å². The molecule has 4 rings (SSSR count). The van der Waals surface area contributed by atoms with Crippen molar-refractivity contribution < 1.29 is 0 Å². The molecule has 0 unspecified atom stereocenters. The average molecular weight is 274 g/mol. The van der Waals surface area contributed by atoms with Gasteiger partial charge in [-0.3, -0.25) is 0 Å². The molecular formula is C14H18N4S. The first-order valence-electron chi connectivity index (χ1n) is 7.07. The van der Waals surface area contributed by atoms with Crippen LogP contribution in [-0.4, -0.2) is 14.8 Å². The van der Waals surface area contributed by atoms with Crippen LogP contribution in [0.4, 0.5) is 5.00 Å². The number of thiophene rings is 1. The zero-order valence-corrected chi connectivity index (χ0v) is 12.0. The SMILES string of the molecule is Cc1nnc(-c2c(N)sc3c2CCCC3)n1C1CC1. The van der Waals surface area contributed by atoms with E-state index < -0.39 is 0 Å². The van der Waals surface area contributed by atoms with Gasteiger partial charge in [0, 0.05) is 10.9 Å². The highest BCUT2D eigenvalue weighted by atomic mass is 32.1. The number of nitrogens with zero attached hydrogens (tertiary/aromatic N) is 3. The van der Waals surface area contributed by atoms with Crippen molar-refractivity contribution >= 4 is 16.3 Å². The van der Waals surface area contributed by atoms with Crippen LogP contribution < -0.4 is 5.73 Å². The van der Waals surface area contributed by atoms with Gasteiger partial charge in [-0.05, 0) is 51.0 Å². The van der Waals surface area contributed by atoms with Gasteiger partial charge >= 0.3 is 0 Å². The summed E-state index contributed by atoms with van der Waals surface area (Å²) in [7, 11) is 0. The Hall–Kier alpha value is -1.36. The summed E-state index contributed by atoms with van der Waals surface area (Å²) < 4.78 is 2.30. The van der Waals surface area contributed by atoms with E-state index in [0.717, 1.165) is 23.1 Å². The Morgan fingerprint density at radius 1 is 1.21 bits per heavy atom. The molecule has 1 saturated carbocycles. The fourth-order valence-corrected chi connectivity index (χ4v) is 4.30. The van der Waals surface area contributed by atoms with E-state index in [1.165, 1.54) is 48.1 Å². The molecule has 0 bridgehead atoms. The summed E-state index contributed by atoms with van der Waals surface area (Å²) in [6.45, 7) is 2.05. The Bertz CT molecular complexity index is 636. The maximum absolute atomic E-state index is 6.29. The average Bonchev–Trinajstić information content (AvgIpc) is 3.08. The number of fused-ring (bicyclic) bond motifs is 1. The second-order valence-electron chi connectivity index (χ2n) is 5.62. The van der Waals surface area contributed by atoms with Gasteiger partial charge in [-0.1, -0.05) is 0 Å². The molecule has 0 aromatic carbocycles. The number of aromatic nitrogens is 3. The van der Waals surface area contributed by atoms with Crippen LogP contribution in [0.25, 0.3) is 11.4 Å². The lowest BCUT2D eigenvalue weighted by Crippen LogP contribution is -2.04. The third-order valence-corrected chi connectivity index (χ3v) is 5.32. The summed E-state index contributed by atoms with van der Waals surface area (Å²) in [5, 5.41) is 9.65. The van der Waals surface area contributed by atoms with Crippen molar-refractivity contribution in [3.05, 3.63) is 16.3 Å². The topological polar surface area (TPSA) is 56.7 Å². The lowest BCUT2D eigenvalue weighted by atomic mass is 9.95. The Morgan fingerprint density at radius 2 is 2.00 bits per heavy atom. The normalized spacial score (nSPS) is 18.6. The molecule has 2 aromatic heterocycles. The molecule has 2 aliphatic rings. The molecule has 0 radical (unpaired) electrons. The van der Waals surface area contributed by atoms with Gasteiger partial charge in [0.25, 0.3) is 0 Å². The highest BCUT2D eigenvalue weighted by Crippen LogP contribution is 2.45. The molecule has 2 aromatic rings. The van der Waals surface area contributed by atoms with E-state index in [-0.39, 0.29) is 0 Å². The highest BCUT2D eigenvalue weighted by molar-refractivity contribution is 7.16. The zero-order valence-electron chi connectivity index (χ0n) is 11.1. The first kappa shape index (κ1) is 11.5. The summed E-state index contributed by atoms with van der Waals surface area (Å²) in [5.74, 6) is 2.03. The van der Waals surface area contributed by atoms with Gasteiger partial charge in [0.1, 0.15) is 5.82 Å². The number of rotatable bonds is 2. The lowest BCUT2D eigenvalue weighted by molar-refractivity contribution is 0.692. The van der Waals surface area contributed by atoms with Crippen LogP contribution >= 0.6 is 11.3 Å². The molecule has 0 spiro atoms. The molecule has 2 N–H and O–H groups in total. The van der Waals surface area contributed by atoms with Gasteiger partial charge in [0.2, 0.25) is 0 Å². The quantitative estimate of drug-likeness (QED) is 0.915. The van der Waals surface area contributed by atoms with Crippen LogP contribution in [0.1, 0.15) is 48.0 Å². The van der Waals surface area contributed by atoms with Crippen LogP contribution in [0.2, 0.25) is 0 Å². The Labute approximate surface area is 116 Å². The van der Waals surface area contributed by atoms with E-state index in [4.69, 9.17) is 5.73 Å². The van der Waals surface area contributed by atoms with Gasteiger partial charge in [0.05, 0.1) is 10.6 Å². The van der Waals surface area contributed by atoms with Crippen LogP contribution in [0, 0.1) is 6.92 Å². The lowest BCUT2D eigenvalue weighted by Gasteiger charge is -2.13.